The Morgan fingerprint density at radius 1 is 1.23 bits per heavy atom. The highest BCUT2D eigenvalue weighted by Crippen LogP contribution is 2.27. The molecule has 0 aliphatic heterocycles. The fraction of sp³-hybridized carbons (Fsp3) is 0.381. The van der Waals surface area contributed by atoms with Gasteiger partial charge in [-0.3, -0.25) is 4.79 Å². The molecule has 136 valence electrons. The molecular formula is C21H25N3OS. The van der Waals surface area contributed by atoms with Crippen LogP contribution in [-0.2, 0) is 11.2 Å². The van der Waals surface area contributed by atoms with Gasteiger partial charge in [-0.05, 0) is 62.4 Å². The maximum Gasteiger partial charge on any atom is 0.237 e. The largest absolute Gasteiger partial charge is 0.325 e. The number of thioether (sulfide) groups is 1. The monoisotopic (exact) mass is 367 g/mol. The number of hydrogen-bond donors (Lipinski definition) is 1. The van der Waals surface area contributed by atoms with Crippen molar-refractivity contribution in [2.45, 2.75) is 51.3 Å². The predicted octanol–water partition coefficient (Wildman–Crippen LogP) is 4.89. The highest BCUT2D eigenvalue weighted by molar-refractivity contribution is 8.00. The molecule has 0 radical (unpaired) electrons. The Morgan fingerprint density at radius 3 is 2.62 bits per heavy atom. The van der Waals surface area contributed by atoms with E-state index in [0.717, 1.165) is 28.9 Å². The normalized spacial score (nSPS) is 11.9. The summed E-state index contributed by atoms with van der Waals surface area (Å²) in [7, 11) is 0. The van der Waals surface area contributed by atoms with Crippen molar-refractivity contribution >= 4 is 23.4 Å². The van der Waals surface area contributed by atoms with Crippen molar-refractivity contribution in [2.75, 3.05) is 5.32 Å². The third-order valence-corrected chi connectivity index (χ3v) is 5.07. The van der Waals surface area contributed by atoms with Crippen LogP contribution in [0.15, 0.2) is 35.4 Å². The van der Waals surface area contributed by atoms with Gasteiger partial charge in [0.05, 0.1) is 10.8 Å². The van der Waals surface area contributed by atoms with Gasteiger partial charge < -0.3 is 5.32 Å². The molecule has 2 rings (SSSR count). The molecule has 2 aromatic rings. The second-order valence-corrected chi connectivity index (χ2v) is 8.26. The molecule has 1 heterocycles. The quantitative estimate of drug-likeness (QED) is 0.738. The zero-order valence-electron chi connectivity index (χ0n) is 16.0. The van der Waals surface area contributed by atoms with E-state index < -0.39 is 0 Å². The maximum atomic E-state index is 12.6. The highest BCUT2D eigenvalue weighted by Gasteiger charge is 2.19. The zero-order valence-corrected chi connectivity index (χ0v) is 16.8. The van der Waals surface area contributed by atoms with Gasteiger partial charge >= 0.3 is 0 Å². The summed E-state index contributed by atoms with van der Waals surface area (Å²) < 4.78 is 0. The number of rotatable bonds is 6. The van der Waals surface area contributed by atoms with E-state index in [0.29, 0.717) is 16.5 Å². The lowest BCUT2D eigenvalue weighted by Gasteiger charge is -2.15. The number of anilines is 1. The van der Waals surface area contributed by atoms with Crippen LogP contribution in [0, 0.1) is 31.1 Å². The first-order valence-electron chi connectivity index (χ1n) is 8.75. The number of carbonyl (C=O) groups excluding carboxylic acids is 1. The molecule has 1 amide bonds. The molecule has 1 unspecified atom stereocenters. The molecule has 0 aliphatic rings. The topological polar surface area (TPSA) is 65.8 Å². The van der Waals surface area contributed by atoms with Gasteiger partial charge in [0.1, 0.15) is 11.1 Å². The van der Waals surface area contributed by atoms with Crippen molar-refractivity contribution in [3.05, 3.63) is 52.7 Å². The number of carbonyl (C=O) groups is 1. The van der Waals surface area contributed by atoms with Crippen LogP contribution in [0.4, 0.5) is 5.69 Å². The molecular weight excluding hydrogens is 342 g/mol. The molecule has 4 nitrogen and oxygen atoms in total. The fourth-order valence-electron chi connectivity index (χ4n) is 2.51. The summed E-state index contributed by atoms with van der Waals surface area (Å²) in [5.74, 6) is 0.391. The molecule has 0 saturated carbocycles. The average Bonchev–Trinajstić information content (AvgIpc) is 2.57. The van der Waals surface area contributed by atoms with Gasteiger partial charge in [-0.15, -0.1) is 0 Å². The van der Waals surface area contributed by atoms with Gasteiger partial charge in [0.25, 0.3) is 0 Å². The lowest BCUT2D eigenvalue weighted by Crippen LogP contribution is -2.23. The van der Waals surface area contributed by atoms with Crippen molar-refractivity contribution in [1.82, 2.24) is 4.98 Å². The SMILES string of the molecule is Cc1ccc(C)c(NC(=O)C(C)Sc2nc(CC(C)C)ccc2C#N)c1. The maximum absolute atomic E-state index is 12.6. The van der Waals surface area contributed by atoms with E-state index in [1.807, 2.05) is 45.0 Å². The van der Waals surface area contributed by atoms with E-state index in [1.54, 1.807) is 6.07 Å². The van der Waals surface area contributed by atoms with Crippen LogP contribution in [0.5, 0.6) is 0 Å². The van der Waals surface area contributed by atoms with Crippen molar-refractivity contribution in [3.8, 4) is 6.07 Å². The second-order valence-electron chi connectivity index (χ2n) is 6.93. The molecule has 1 aromatic carbocycles. The van der Waals surface area contributed by atoms with Gasteiger partial charge in [0, 0.05) is 11.4 Å². The van der Waals surface area contributed by atoms with Gasteiger partial charge in [0.15, 0.2) is 0 Å². The summed E-state index contributed by atoms with van der Waals surface area (Å²) in [5, 5.41) is 12.6. The molecule has 1 atom stereocenters. The van der Waals surface area contributed by atoms with Gasteiger partial charge in [-0.25, -0.2) is 4.98 Å². The van der Waals surface area contributed by atoms with E-state index >= 15 is 0 Å². The van der Waals surface area contributed by atoms with Crippen molar-refractivity contribution < 1.29 is 4.79 Å². The van der Waals surface area contributed by atoms with Crippen LogP contribution >= 0.6 is 11.8 Å². The van der Waals surface area contributed by atoms with Crippen LogP contribution in [0.2, 0.25) is 0 Å². The Morgan fingerprint density at radius 2 is 1.96 bits per heavy atom. The summed E-state index contributed by atoms with van der Waals surface area (Å²) >= 11 is 1.33. The summed E-state index contributed by atoms with van der Waals surface area (Å²) in [6, 6.07) is 11.8. The van der Waals surface area contributed by atoms with E-state index in [1.165, 1.54) is 11.8 Å². The summed E-state index contributed by atoms with van der Waals surface area (Å²) in [4.78, 5) is 17.2. The number of benzene rings is 1. The van der Waals surface area contributed by atoms with Crippen LogP contribution in [0.25, 0.3) is 0 Å². The average molecular weight is 368 g/mol. The number of nitrogens with zero attached hydrogens (tertiary/aromatic N) is 2. The standard InChI is InChI=1S/C21H25N3OS/c1-13(2)10-18-9-8-17(12-22)21(23-18)26-16(5)20(25)24-19-11-14(3)6-7-15(19)4/h6-9,11,13,16H,10H2,1-5H3,(H,24,25). The fourth-order valence-corrected chi connectivity index (χ4v) is 3.42. The number of nitrogens with one attached hydrogen (secondary N) is 1. The number of nitriles is 1. The van der Waals surface area contributed by atoms with E-state index in [2.05, 4.69) is 30.2 Å². The molecule has 0 fully saturated rings. The number of pyridine rings is 1. The van der Waals surface area contributed by atoms with Crippen molar-refractivity contribution in [3.63, 3.8) is 0 Å². The first kappa shape index (κ1) is 20.0. The van der Waals surface area contributed by atoms with Crippen LogP contribution in [0.1, 0.15) is 43.2 Å². The van der Waals surface area contributed by atoms with E-state index in [4.69, 9.17) is 0 Å². The van der Waals surface area contributed by atoms with Crippen LogP contribution in [-0.4, -0.2) is 16.1 Å². The Balaban J connectivity index is 2.15. The van der Waals surface area contributed by atoms with Crippen molar-refractivity contribution in [1.29, 1.82) is 5.26 Å². The molecule has 1 N–H and O–H groups in total. The lowest BCUT2D eigenvalue weighted by molar-refractivity contribution is -0.115. The number of hydrogen-bond acceptors (Lipinski definition) is 4. The minimum absolute atomic E-state index is 0.0938. The van der Waals surface area contributed by atoms with Crippen LogP contribution in [0.3, 0.4) is 0 Å². The third kappa shape index (κ3) is 5.34. The second kappa shape index (κ2) is 8.86. The molecule has 5 heteroatoms. The molecule has 0 spiro atoms. The Bertz CT molecular complexity index is 840. The number of aromatic nitrogens is 1. The lowest BCUT2D eigenvalue weighted by atomic mass is 10.1. The molecule has 0 aliphatic carbocycles. The summed E-state index contributed by atoms with van der Waals surface area (Å²) in [6.07, 6.45) is 0.850. The smallest absolute Gasteiger partial charge is 0.237 e. The third-order valence-electron chi connectivity index (χ3n) is 3.96. The van der Waals surface area contributed by atoms with E-state index in [-0.39, 0.29) is 11.2 Å². The van der Waals surface area contributed by atoms with Crippen LogP contribution < -0.4 is 5.32 Å². The molecule has 0 saturated heterocycles. The van der Waals surface area contributed by atoms with E-state index in [9.17, 15) is 10.1 Å². The van der Waals surface area contributed by atoms with Gasteiger partial charge in [-0.2, -0.15) is 5.26 Å². The summed E-state index contributed by atoms with van der Waals surface area (Å²) in [5.41, 5.74) is 4.40. The Kier molecular flexibility index (Phi) is 6.82. The first-order chi connectivity index (χ1) is 12.3. The molecule has 1 aromatic heterocycles. The van der Waals surface area contributed by atoms with Gasteiger partial charge in [-0.1, -0.05) is 37.7 Å². The van der Waals surface area contributed by atoms with Gasteiger partial charge in [0.2, 0.25) is 5.91 Å². The summed E-state index contributed by atoms with van der Waals surface area (Å²) in [6.45, 7) is 10.1. The molecule has 0 bridgehead atoms. The number of amides is 1. The highest BCUT2D eigenvalue weighted by atomic mass is 32.2. The zero-order chi connectivity index (χ0) is 19.3. The predicted molar refractivity (Wildman–Crippen MR) is 107 cm³/mol. The van der Waals surface area contributed by atoms with Crippen molar-refractivity contribution in [2.24, 2.45) is 5.92 Å². The Hall–Kier alpha value is -2.32. The first-order valence-corrected chi connectivity index (χ1v) is 9.63. The Labute approximate surface area is 160 Å². The number of aryl methyl sites for hydroxylation is 2. The molecule has 26 heavy (non-hydrogen) atoms. The minimum atomic E-state index is -0.358. The minimum Gasteiger partial charge on any atom is -0.325 e.